The number of hydrogen-bond donors (Lipinski definition) is 1. The van der Waals surface area contributed by atoms with Crippen LogP contribution in [0.1, 0.15) is 67.7 Å². The average molecular weight is 277 g/mol. The highest BCUT2D eigenvalue weighted by atomic mass is 14.9. The predicted molar refractivity (Wildman–Crippen MR) is 92.0 cm³/mol. The van der Waals surface area contributed by atoms with Crippen LogP contribution in [-0.2, 0) is 0 Å². The van der Waals surface area contributed by atoms with Crippen LogP contribution in [-0.4, -0.2) is 12.6 Å². The van der Waals surface area contributed by atoms with Gasteiger partial charge in [0.15, 0.2) is 0 Å². The molecule has 0 bridgehead atoms. The fraction of sp³-hybridized carbons (Fsp3) is 0.737. The molecule has 0 spiro atoms. The van der Waals surface area contributed by atoms with Gasteiger partial charge in [-0.1, -0.05) is 46.4 Å². The van der Waals surface area contributed by atoms with Crippen LogP contribution in [0.25, 0.3) is 0 Å². The Morgan fingerprint density at radius 2 is 1.75 bits per heavy atom. The summed E-state index contributed by atoms with van der Waals surface area (Å²) in [6.07, 6.45) is 3.39. The number of allylic oxidation sites excluding steroid dienone is 2. The normalized spacial score (nSPS) is 13.8. The Hall–Kier alpha value is -0.780. The molecule has 20 heavy (non-hydrogen) atoms. The Bertz CT molecular complexity index is 367. The molecule has 116 valence electrons. The van der Waals surface area contributed by atoms with Crippen LogP contribution < -0.4 is 5.32 Å². The molecule has 0 fully saturated rings. The zero-order valence-electron chi connectivity index (χ0n) is 14.8. The first-order chi connectivity index (χ1) is 9.04. The summed E-state index contributed by atoms with van der Waals surface area (Å²) in [6, 6.07) is 0.544. The number of rotatable bonds is 9. The smallest absolute Gasteiger partial charge is 0.00419 e. The second-order valence-corrected chi connectivity index (χ2v) is 7.39. The Morgan fingerprint density at radius 3 is 2.20 bits per heavy atom. The Balaban J connectivity index is 4.23. The van der Waals surface area contributed by atoms with E-state index in [2.05, 4.69) is 72.7 Å². The van der Waals surface area contributed by atoms with Crippen LogP contribution in [0.2, 0.25) is 0 Å². The maximum atomic E-state index is 4.16. The number of nitrogens with one attached hydrogen (secondary N) is 1. The molecule has 0 aromatic carbocycles. The van der Waals surface area contributed by atoms with Gasteiger partial charge in [-0.25, -0.2) is 0 Å². The molecule has 1 unspecified atom stereocenters. The molecule has 1 heteroatoms. The quantitative estimate of drug-likeness (QED) is 0.434. The minimum Gasteiger partial charge on any atom is -0.314 e. The summed E-state index contributed by atoms with van der Waals surface area (Å²) >= 11 is 0. The van der Waals surface area contributed by atoms with Crippen molar-refractivity contribution in [2.24, 2.45) is 10.8 Å². The summed E-state index contributed by atoms with van der Waals surface area (Å²) in [7, 11) is 0. The van der Waals surface area contributed by atoms with Crippen molar-refractivity contribution in [3.05, 3.63) is 30.0 Å². The first-order valence-corrected chi connectivity index (χ1v) is 7.79. The molecule has 0 saturated heterocycles. The van der Waals surface area contributed by atoms with Gasteiger partial charge in [0, 0.05) is 6.04 Å². The minimum absolute atomic E-state index is 0.167. The van der Waals surface area contributed by atoms with E-state index in [1.165, 1.54) is 11.1 Å². The molecule has 0 aromatic rings. The predicted octanol–water partition coefficient (Wildman–Crippen LogP) is 5.49. The standard InChI is InChI=1S/C19H35N/c1-10-16(4)11-12-17(5)20-14-13-18(6,7)19(8,9)15(2)3/h17,20H,1-2,11-14H2,3-9H3. The van der Waals surface area contributed by atoms with Crippen molar-refractivity contribution >= 4 is 0 Å². The van der Waals surface area contributed by atoms with Gasteiger partial charge in [0.05, 0.1) is 0 Å². The van der Waals surface area contributed by atoms with Crippen LogP contribution in [0.5, 0.6) is 0 Å². The van der Waals surface area contributed by atoms with E-state index in [4.69, 9.17) is 0 Å². The van der Waals surface area contributed by atoms with Gasteiger partial charge in [0.25, 0.3) is 0 Å². The largest absolute Gasteiger partial charge is 0.314 e. The van der Waals surface area contributed by atoms with Gasteiger partial charge >= 0.3 is 0 Å². The molecule has 0 amide bonds. The maximum Gasteiger partial charge on any atom is 0.00419 e. The second-order valence-electron chi connectivity index (χ2n) is 7.39. The highest BCUT2D eigenvalue weighted by Crippen LogP contribution is 2.45. The summed E-state index contributed by atoms with van der Waals surface area (Å²) < 4.78 is 0. The first kappa shape index (κ1) is 19.2. The van der Waals surface area contributed by atoms with Crippen molar-refractivity contribution in [3.63, 3.8) is 0 Å². The van der Waals surface area contributed by atoms with Gasteiger partial charge in [-0.2, -0.15) is 0 Å². The second kappa shape index (κ2) is 7.86. The highest BCUT2D eigenvalue weighted by molar-refractivity contribution is 5.09. The van der Waals surface area contributed by atoms with Crippen LogP contribution >= 0.6 is 0 Å². The van der Waals surface area contributed by atoms with E-state index < -0.39 is 0 Å². The van der Waals surface area contributed by atoms with Crippen molar-refractivity contribution in [1.29, 1.82) is 0 Å². The molecule has 1 nitrogen and oxygen atoms in total. The fourth-order valence-corrected chi connectivity index (χ4v) is 2.14. The van der Waals surface area contributed by atoms with E-state index in [9.17, 15) is 0 Å². The molecule has 0 rings (SSSR count). The third kappa shape index (κ3) is 5.69. The summed E-state index contributed by atoms with van der Waals surface area (Å²) in [5.41, 5.74) is 5.90. The molecule has 1 atom stereocenters. The monoisotopic (exact) mass is 277 g/mol. The molecule has 0 aromatic heterocycles. The zero-order chi connectivity index (χ0) is 16.0. The molecule has 0 aliphatic carbocycles. The van der Waals surface area contributed by atoms with Gasteiger partial charge in [0.1, 0.15) is 0 Å². The van der Waals surface area contributed by atoms with E-state index in [0.717, 1.165) is 25.8 Å². The molecular formula is C19H35N. The maximum absolute atomic E-state index is 4.16. The minimum atomic E-state index is 0.167. The van der Waals surface area contributed by atoms with Crippen molar-refractivity contribution < 1.29 is 0 Å². The fourth-order valence-electron chi connectivity index (χ4n) is 2.14. The van der Waals surface area contributed by atoms with E-state index in [-0.39, 0.29) is 10.8 Å². The molecular weight excluding hydrogens is 242 g/mol. The van der Waals surface area contributed by atoms with E-state index in [1.807, 2.05) is 0 Å². The van der Waals surface area contributed by atoms with Crippen molar-refractivity contribution in [2.75, 3.05) is 6.54 Å². The topological polar surface area (TPSA) is 12.0 Å². The van der Waals surface area contributed by atoms with Crippen LogP contribution in [0.4, 0.5) is 0 Å². The average Bonchev–Trinajstić information content (AvgIpc) is 2.35. The summed E-state index contributed by atoms with van der Waals surface area (Å²) in [4.78, 5) is 0. The first-order valence-electron chi connectivity index (χ1n) is 7.79. The lowest BCUT2D eigenvalue weighted by Crippen LogP contribution is -2.37. The molecule has 0 aliphatic heterocycles. The SMILES string of the molecule is C=C=C(C)CCC(C)NCCC(C)(C)C(C)(C)C(=C)C. The van der Waals surface area contributed by atoms with E-state index >= 15 is 0 Å². The van der Waals surface area contributed by atoms with Gasteiger partial charge in [-0.05, 0) is 63.0 Å². The third-order valence-corrected chi connectivity index (χ3v) is 5.26. The molecule has 0 radical (unpaired) electrons. The summed E-state index contributed by atoms with van der Waals surface area (Å²) in [5.74, 6) is 0. The lowest BCUT2D eigenvalue weighted by molar-refractivity contribution is 0.137. The number of hydrogen-bond acceptors (Lipinski definition) is 1. The van der Waals surface area contributed by atoms with Crippen LogP contribution in [0.15, 0.2) is 30.0 Å². The lowest BCUT2D eigenvalue weighted by atomic mass is 9.63. The van der Waals surface area contributed by atoms with Crippen LogP contribution in [0.3, 0.4) is 0 Å². The van der Waals surface area contributed by atoms with Gasteiger partial charge < -0.3 is 5.32 Å². The third-order valence-electron chi connectivity index (χ3n) is 5.26. The van der Waals surface area contributed by atoms with E-state index in [0.29, 0.717) is 6.04 Å². The molecule has 1 N–H and O–H groups in total. The summed E-state index contributed by atoms with van der Waals surface area (Å²) in [5, 5.41) is 3.64. The summed E-state index contributed by atoms with van der Waals surface area (Å²) in [6.45, 7) is 24.7. The van der Waals surface area contributed by atoms with Crippen molar-refractivity contribution in [2.45, 2.75) is 73.8 Å². The molecule has 0 aliphatic rings. The highest BCUT2D eigenvalue weighted by Gasteiger charge is 2.36. The Morgan fingerprint density at radius 1 is 1.20 bits per heavy atom. The van der Waals surface area contributed by atoms with Gasteiger partial charge in [-0.3, -0.25) is 0 Å². The van der Waals surface area contributed by atoms with Gasteiger partial charge in [-0.15, -0.1) is 5.73 Å². The van der Waals surface area contributed by atoms with Crippen molar-refractivity contribution in [1.82, 2.24) is 5.32 Å². The van der Waals surface area contributed by atoms with E-state index in [1.54, 1.807) is 0 Å². The Kier molecular flexibility index (Phi) is 7.55. The Labute approximate surface area is 127 Å². The molecule has 0 saturated carbocycles. The van der Waals surface area contributed by atoms with Gasteiger partial charge in [0.2, 0.25) is 0 Å². The molecule has 0 heterocycles. The lowest BCUT2D eigenvalue weighted by Gasteiger charge is -2.43. The zero-order valence-corrected chi connectivity index (χ0v) is 14.8. The van der Waals surface area contributed by atoms with Crippen LogP contribution in [0, 0.1) is 10.8 Å². The van der Waals surface area contributed by atoms with Crippen molar-refractivity contribution in [3.8, 4) is 0 Å².